The number of aryl methyl sites for hydroxylation is 1. The summed E-state index contributed by atoms with van der Waals surface area (Å²) in [6.07, 6.45) is 4.43. The van der Waals surface area contributed by atoms with Crippen LogP contribution in [0.25, 0.3) is 0 Å². The Labute approximate surface area is 123 Å². The highest BCUT2D eigenvalue weighted by Gasteiger charge is 2.32. The van der Waals surface area contributed by atoms with Crippen molar-refractivity contribution in [2.45, 2.75) is 32.6 Å². The Kier molecular flexibility index (Phi) is 3.32. The van der Waals surface area contributed by atoms with Gasteiger partial charge in [0.1, 0.15) is 0 Å². The van der Waals surface area contributed by atoms with Crippen LogP contribution in [-0.4, -0.2) is 13.5 Å². The third-order valence-corrected chi connectivity index (χ3v) is 5.47. The molecule has 1 atom stereocenters. The fourth-order valence-electron chi connectivity index (χ4n) is 2.96. The van der Waals surface area contributed by atoms with E-state index in [4.69, 9.17) is 0 Å². The van der Waals surface area contributed by atoms with E-state index in [9.17, 15) is 17.9 Å². The molecule has 0 radical (unpaired) electrons. The van der Waals surface area contributed by atoms with Gasteiger partial charge in [-0.05, 0) is 42.4 Å². The maximum absolute atomic E-state index is 14.7. The molecule has 3 rings (SSSR count). The first kappa shape index (κ1) is 14.2. The summed E-state index contributed by atoms with van der Waals surface area (Å²) in [5, 5.41) is 9.31. The van der Waals surface area contributed by atoms with E-state index in [0.29, 0.717) is 17.9 Å². The number of aliphatic hydroxyl groups is 1. The number of hydrogen-bond donors (Lipinski definition) is 2. The third-order valence-electron chi connectivity index (χ3n) is 4.18. The molecule has 0 saturated carbocycles. The average Bonchev–Trinajstić information content (AvgIpc) is 2.72. The second kappa shape index (κ2) is 4.91. The first-order valence-corrected chi connectivity index (χ1v) is 8.39. The van der Waals surface area contributed by atoms with Gasteiger partial charge < -0.3 is 5.11 Å². The number of rotatable bonds is 2. The normalized spacial score (nSPS) is 23.4. The minimum atomic E-state index is -3.96. The van der Waals surface area contributed by atoms with Crippen LogP contribution in [0.4, 0.5) is 10.1 Å². The Balaban J connectivity index is 2.06. The Morgan fingerprint density at radius 3 is 2.86 bits per heavy atom. The van der Waals surface area contributed by atoms with Gasteiger partial charge in [0.05, 0.1) is 11.9 Å². The molecule has 0 saturated heterocycles. The molecule has 0 spiro atoms. The third kappa shape index (κ3) is 2.35. The molecule has 2 aliphatic rings. The van der Waals surface area contributed by atoms with Gasteiger partial charge in [-0.1, -0.05) is 19.4 Å². The summed E-state index contributed by atoms with van der Waals surface area (Å²) >= 11 is 0. The predicted octanol–water partition coefficient (Wildman–Crippen LogP) is 2.35. The second-order valence-electron chi connectivity index (χ2n) is 5.47. The van der Waals surface area contributed by atoms with Crippen molar-refractivity contribution in [2.75, 3.05) is 4.31 Å². The lowest BCUT2D eigenvalue weighted by Gasteiger charge is -2.26. The molecular formula is C14H17FN2O3S. The molecule has 1 aromatic rings. The van der Waals surface area contributed by atoms with Gasteiger partial charge >= 0.3 is 10.2 Å². The van der Waals surface area contributed by atoms with E-state index in [-0.39, 0.29) is 5.69 Å². The van der Waals surface area contributed by atoms with Crippen molar-refractivity contribution in [1.82, 2.24) is 4.72 Å². The average molecular weight is 312 g/mol. The van der Waals surface area contributed by atoms with Crippen LogP contribution in [-0.2, 0) is 23.1 Å². The number of anilines is 1. The van der Waals surface area contributed by atoms with E-state index in [1.807, 2.05) is 4.72 Å². The molecular weight excluding hydrogens is 295 g/mol. The van der Waals surface area contributed by atoms with Crippen molar-refractivity contribution in [3.63, 3.8) is 0 Å². The van der Waals surface area contributed by atoms with Gasteiger partial charge in [0.2, 0.25) is 5.88 Å². The number of nitrogens with zero attached hydrogens (tertiary/aromatic N) is 1. The van der Waals surface area contributed by atoms with Gasteiger partial charge in [0, 0.05) is 0 Å². The molecule has 2 N–H and O–H groups in total. The van der Waals surface area contributed by atoms with Gasteiger partial charge in [-0.15, -0.1) is 0 Å². The van der Waals surface area contributed by atoms with Crippen molar-refractivity contribution in [3.05, 3.63) is 41.2 Å². The lowest BCUT2D eigenvalue weighted by atomic mass is 9.82. The van der Waals surface area contributed by atoms with Gasteiger partial charge in [-0.25, -0.2) is 13.4 Å². The van der Waals surface area contributed by atoms with Crippen molar-refractivity contribution in [1.29, 1.82) is 0 Å². The number of nitrogens with one attached hydrogen (secondary N) is 1. The van der Waals surface area contributed by atoms with Crippen LogP contribution in [0.3, 0.4) is 0 Å². The lowest BCUT2D eigenvalue weighted by molar-refractivity contribution is 0.392. The second-order valence-corrected chi connectivity index (χ2v) is 7.02. The summed E-state index contributed by atoms with van der Waals surface area (Å²) in [4.78, 5) is 0. The minimum Gasteiger partial charge on any atom is -0.493 e. The topological polar surface area (TPSA) is 69.6 Å². The van der Waals surface area contributed by atoms with Crippen LogP contribution >= 0.6 is 0 Å². The maximum Gasteiger partial charge on any atom is 0.330 e. The fourth-order valence-corrected chi connectivity index (χ4v) is 4.01. The van der Waals surface area contributed by atoms with E-state index >= 15 is 0 Å². The monoisotopic (exact) mass is 312 g/mol. The van der Waals surface area contributed by atoms with Crippen LogP contribution in [0, 0.1) is 11.7 Å². The molecule has 114 valence electrons. The van der Waals surface area contributed by atoms with E-state index in [0.717, 1.165) is 35.3 Å². The zero-order chi connectivity index (χ0) is 15.2. The standard InChI is InChI=1S/C14H17FN2O3S/c1-2-9-3-4-10-5-6-12(14(15)11(10)7-9)17-8-13(18)16-21(17,19)20/h5-6,8-9,16,18H,2-4,7H2,1H3. The Bertz CT molecular complexity index is 715. The zero-order valence-electron chi connectivity index (χ0n) is 11.6. The largest absolute Gasteiger partial charge is 0.493 e. The number of halogens is 1. The number of fused-ring (bicyclic) bond motifs is 1. The van der Waals surface area contributed by atoms with Gasteiger partial charge in [-0.2, -0.15) is 8.42 Å². The van der Waals surface area contributed by atoms with E-state index < -0.39 is 21.9 Å². The molecule has 0 fully saturated rings. The summed E-state index contributed by atoms with van der Waals surface area (Å²) < 4.78 is 41.1. The zero-order valence-corrected chi connectivity index (χ0v) is 12.5. The highest BCUT2D eigenvalue weighted by molar-refractivity contribution is 7.91. The molecule has 1 aliphatic heterocycles. The highest BCUT2D eigenvalue weighted by atomic mass is 32.2. The van der Waals surface area contributed by atoms with Crippen molar-refractivity contribution in [2.24, 2.45) is 5.92 Å². The van der Waals surface area contributed by atoms with Crippen LogP contribution in [0.1, 0.15) is 30.9 Å². The molecule has 1 aliphatic carbocycles. The Morgan fingerprint density at radius 1 is 1.48 bits per heavy atom. The van der Waals surface area contributed by atoms with E-state index in [1.165, 1.54) is 6.07 Å². The van der Waals surface area contributed by atoms with Crippen LogP contribution in [0.15, 0.2) is 24.2 Å². The molecule has 1 aromatic carbocycles. The SMILES string of the molecule is CCC1CCc2ccc(N3C=C(O)NS3(=O)=O)c(F)c2C1. The lowest BCUT2D eigenvalue weighted by Crippen LogP contribution is -2.30. The summed E-state index contributed by atoms with van der Waals surface area (Å²) in [7, 11) is -3.96. The van der Waals surface area contributed by atoms with E-state index in [2.05, 4.69) is 6.92 Å². The summed E-state index contributed by atoms with van der Waals surface area (Å²) in [5.41, 5.74) is 1.49. The maximum atomic E-state index is 14.7. The smallest absolute Gasteiger partial charge is 0.330 e. The quantitative estimate of drug-likeness (QED) is 0.880. The summed E-state index contributed by atoms with van der Waals surface area (Å²) in [6.45, 7) is 2.08. The van der Waals surface area contributed by atoms with Gasteiger partial charge in [0.25, 0.3) is 0 Å². The first-order valence-electron chi connectivity index (χ1n) is 6.95. The summed E-state index contributed by atoms with van der Waals surface area (Å²) in [5.74, 6) is -0.597. The van der Waals surface area contributed by atoms with E-state index in [1.54, 1.807) is 6.07 Å². The number of aliphatic hydroxyl groups excluding tert-OH is 1. The Hall–Kier alpha value is -1.76. The Morgan fingerprint density at radius 2 is 2.24 bits per heavy atom. The molecule has 0 bridgehead atoms. The fraction of sp³-hybridized carbons (Fsp3) is 0.429. The predicted molar refractivity (Wildman–Crippen MR) is 77.5 cm³/mol. The molecule has 0 aromatic heterocycles. The molecule has 21 heavy (non-hydrogen) atoms. The number of benzene rings is 1. The number of hydrogen-bond acceptors (Lipinski definition) is 3. The molecule has 1 unspecified atom stereocenters. The first-order chi connectivity index (χ1) is 9.92. The van der Waals surface area contributed by atoms with Crippen LogP contribution < -0.4 is 9.03 Å². The van der Waals surface area contributed by atoms with Crippen molar-refractivity contribution >= 4 is 15.9 Å². The summed E-state index contributed by atoms with van der Waals surface area (Å²) in [6, 6.07) is 3.23. The van der Waals surface area contributed by atoms with Crippen molar-refractivity contribution in [3.8, 4) is 0 Å². The van der Waals surface area contributed by atoms with Gasteiger partial charge in [-0.3, -0.25) is 0 Å². The molecule has 1 heterocycles. The highest BCUT2D eigenvalue weighted by Crippen LogP contribution is 2.35. The molecule has 0 amide bonds. The molecule has 5 nitrogen and oxygen atoms in total. The van der Waals surface area contributed by atoms with Crippen LogP contribution in [0.2, 0.25) is 0 Å². The van der Waals surface area contributed by atoms with Crippen molar-refractivity contribution < 1.29 is 17.9 Å². The molecule has 7 heteroatoms. The minimum absolute atomic E-state index is 0.0537. The van der Waals surface area contributed by atoms with Gasteiger partial charge in [0.15, 0.2) is 5.82 Å². The van der Waals surface area contributed by atoms with Crippen LogP contribution in [0.5, 0.6) is 0 Å².